The fourth-order valence-corrected chi connectivity index (χ4v) is 2.69. The molecule has 0 bridgehead atoms. The van der Waals surface area contributed by atoms with Gasteiger partial charge >= 0.3 is 0 Å². The van der Waals surface area contributed by atoms with E-state index in [1.807, 2.05) is 36.1 Å². The van der Waals surface area contributed by atoms with Crippen molar-refractivity contribution in [1.82, 2.24) is 4.90 Å². The van der Waals surface area contributed by atoms with Crippen LogP contribution in [0.5, 0.6) is 0 Å². The van der Waals surface area contributed by atoms with E-state index < -0.39 is 0 Å². The summed E-state index contributed by atoms with van der Waals surface area (Å²) in [6.07, 6.45) is 5.01. The van der Waals surface area contributed by atoms with Crippen molar-refractivity contribution in [2.24, 2.45) is 5.92 Å². The third-order valence-electron chi connectivity index (χ3n) is 4.23. The molecule has 0 N–H and O–H groups in total. The Hall–Kier alpha value is -1.35. The zero-order valence-electron chi connectivity index (χ0n) is 12.2. The van der Waals surface area contributed by atoms with Crippen molar-refractivity contribution in [1.29, 1.82) is 0 Å². The highest BCUT2D eigenvalue weighted by atomic mass is 16.5. The first kappa shape index (κ1) is 13.6. The van der Waals surface area contributed by atoms with E-state index in [9.17, 15) is 4.79 Å². The summed E-state index contributed by atoms with van der Waals surface area (Å²) in [6, 6.07) is 7.84. The smallest absolute Gasteiger partial charge is 0.253 e. The highest BCUT2D eigenvalue weighted by Gasteiger charge is 2.27. The summed E-state index contributed by atoms with van der Waals surface area (Å²) in [5.74, 6) is 0.933. The molecule has 1 atom stereocenters. The Kier molecular flexibility index (Phi) is 4.06. The molecule has 1 saturated carbocycles. The molecule has 0 unspecified atom stereocenters. The zero-order chi connectivity index (χ0) is 13.9. The monoisotopic (exact) mass is 273 g/mol. The lowest BCUT2D eigenvalue weighted by Crippen LogP contribution is -2.43. The SMILES string of the molecule is Cc1ccc(C(=O)N2CCC[C@H](OCC3CC3)C2)cc1. The summed E-state index contributed by atoms with van der Waals surface area (Å²) in [7, 11) is 0. The Morgan fingerprint density at radius 3 is 2.70 bits per heavy atom. The first-order valence-electron chi connectivity index (χ1n) is 7.70. The molecule has 0 spiro atoms. The van der Waals surface area contributed by atoms with E-state index in [0.717, 1.165) is 44.0 Å². The van der Waals surface area contributed by atoms with E-state index in [-0.39, 0.29) is 12.0 Å². The van der Waals surface area contributed by atoms with Gasteiger partial charge in [0, 0.05) is 25.3 Å². The summed E-state index contributed by atoms with van der Waals surface area (Å²) in [6.45, 7) is 4.53. The Labute approximate surface area is 120 Å². The topological polar surface area (TPSA) is 29.5 Å². The number of benzene rings is 1. The standard InChI is InChI=1S/C17H23NO2/c1-13-4-8-15(9-5-13)17(19)18-10-2-3-16(11-18)20-12-14-6-7-14/h4-5,8-9,14,16H,2-3,6-7,10-12H2,1H3/t16-/m0/s1. The fraction of sp³-hybridized carbons (Fsp3) is 0.588. The van der Waals surface area contributed by atoms with Crippen molar-refractivity contribution < 1.29 is 9.53 Å². The van der Waals surface area contributed by atoms with Crippen molar-refractivity contribution in [3.63, 3.8) is 0 Å². The lowest BCUT2D eigenvalue weighted by Gasteiger charge is -2.32. The molecule has 3 nitrogen and oxygen atoms in total. The minimum atomic E-state index is 0.143. The maximum Gasteiger partial charge on any atom is 0.253 e. The molecule has 20 heavy (non-hydrogen) atoms. The van der Waals surface area contributed by atoms with Crippen molar-refractivity contribution in [3.05, 3.63) is 35.4 Å². The van der Waals surface area contributed by atoms with Gasteiger partial charge in [0.2, 0.25) is 0 Å². The van der Waals surface area contributed by atoms with Crippen LogP contribution < -0.4 is 0 Å². The normalized spacial score (nSPS) is 22.9. The maximum atomic E-state index is 12.5. The number of ether oxygens (including phenoxy) is 1. The van der Waals surface area contributed by atoms with Crippen LogP contribution in [0.1, 0.15) is 41.6 Å². The predicted molar refractivity (Wildman–Crippen MR) is 78.8 cm³/mol. The number of hydrogen-bond acceptors (Lipinski definition) is 2. The number of carbonyl (C=O) groups is 1. The molecule has 2 fully saturated rings. The Balaban J connectivity index is 1.57. The van der Waals surface area contributed by atoms with Crippen LogP contribution in [-0.4, -0.2) is 36.6 Å². The Morgan fingerprint density at radius 1 is 1.25 bits per heavy atom. The highest BCUT2D eigenvalue weighted by Crippen LogP contribution is 2.30. The van der Waals surface area contributed by atoms with Gasteiger partial charge in [0.25, 0.3) is 5.91 Å². The molecule has 3 heteroatoms. The molecule has 2 aliphatic rings. The second kappa shape index (κ2) is 5.96. The molecule has 0 aromatic heterocycles. The van der Waals surface area contributed by atoms with Crippen LogP contribution in [0.4, 0.5) is 0 Å². The zero-order valence-corrected chi connectivity index (χ0v) is 12.2. The van der Waals surface area contributed by atoms with Crippen LogP contribution in [-0.2, 0) is 4.74 Å². The maximum absolute atomic E-state index is 12.5. The van der Waals surface area contributed by atoms with Crippen molar-refractivity contribution >= 4 is 5.91 Å². The Morgan fingerprint density at radius 2 is 2.00 bits per heavy atom. The fourth-order valence-electron chi connectivity index (χ4n) is 2.69. The summed E-state index contributed by atoms with van der Waals surface area (Å²) in [5.41, 5.74) is 1.98. The van der Waals surface area contributed by atoms with Gasteiger partial charge in [0.05, 0.1) is 6.10 Å². The quantitative estimate of drug-likeness (QED) is 0.844. The average molecular weight is 273 g/mol. The average Bonchev–Trinajstić information content (AvgIpc) is 3.30. The van der Waals surface area contributed by atoms with Gasteiger partial charge in [-0.2, -0.15) is 0 Å². The highest BCUT2D eigenvalue weighted by molar-refractivity contribution is 5.94. The van der Waals surface area contributed by atoms with Crippen LogP contribution >= 0.6 is 0 Å². The number of hydrogen-bond donors (Lipinski definition) is 0. The number of nitrogens with zero attached hydrogens (tertiary/aromatic N) is 1. The molecule has 1 amide bonds. The molecule has 3 rings (SSSR count). The van der Waals surface area contributed by atoms with E-state index in [2.05, 4.69) is 0 Å². The molecule has 1 saturated heterocycles. The summed E-state index contributed by atoms with van der Waals surface area (Å²) in [4.78, 5) is 14.4. The second-order valence-corrected chi connectivity index (χ2v) is 6.16. The second-order valence-electron chi connectivity index (χ2n) is 6.16. The number of likely N-dealkylation sites (tertiary alicyclic amines) is 1. The molecule has 1 aliphatic heterocycles. The Bertz CT molecular complexity index is 464. The van der Waals surface area contributed by atoms with Gasteiger partial charge in [-0.3, -0.25) is 4.79 Å². The lowest BCUT2D eigenvalue weighted by molar-refractivity contribution is -0.00242. The largest absolute Gasteiger partial charge is 0.376 e. The van der Waals surface area contributed by atoms with Crippen LogP contribution in [0, 0.1) is 12.8 Å². The first-order valence-corrected chi connectivity index (χ1v) is 7.70. The summed E-state index contributed by atoms with van der Waals surface area (Å²) >= 11 is 0. The summed E-state index contributed by atoms with van der Waals surface area (Å²) in [5, 5.41) is 0. The van der Waals surface area contributed by atoms with Crippen molar-refractivity contribution in [2.75, 3.05) is 19.7 Å². The number of carbonyl (C=O) groups excluding carboxylic acids is 1. The lowest BCUT2D eigenvalue weighted by atomic mass is 10.1. The minimum Gasteiger partial charge on any atom is -0.376 e. The van der Waals surface area contributed by atoms with Gasteiger partial charge in [-0.1, -0.05) is 17.7 Å². The van der Waals surface area contributed by atoms with Crippen LogP contribution in [0.25, 0.3) is 0 Å². The van der Waals surface area contributed by atoms with Crippen molar-refractivity contribution in [2.45, 2.75) is 38.7 Å². The van der Waals surface area contributed by atoms with Gasteiger partial charge in [0.15, 0.2) is 0 Å². The molecular weight excluding hydrogens is 250 g/mol. The molecule has 1 aromatic rings. The van der Waals surface area contributed by atoms with E-state index >= 15 is 0 Å². The molecule has 0 radical (unpaired) electrons. The number of aryl methyl sites for hydroxylation is 1. The third-order valence-corrected chi connectivity index (χ3v) is 4.23. The van der Waals surface area contributed by atoms with E-state index in [1.165, 1.54) is 18.4 Å². The first-order chi connectivity index (χ1) is 9.72. The predicted octanol–water partition coefficient (Wildman–Crippen LogP) is 3.03. The van der Waals surface area contributed by atoms with Gasteiger partial charge in [-0.25, -0.2) is 0 Å². The van der Waals surface area contributed by atoms with Crippen molar-refractivity contribution in [3.8, 4) is 0 Å². The molecule has 1 aliphatic carbocycles. The third kappa shape index (κ3) is 3.40. The van der Waals surface area contributed by atoms with Gasteiger partial charge < -0.3 is 9.64 Å². The molecule has 1 aromatic carbocycles. The number of piperidine rings is 1. The van der Waals surface area contributed by atoms with E-state index in [1.54, 1.807) is 0 Å². The van der Waals surface area contributed by atoms with Gasteiger partial charge in [-0.05, 0) is 50.7 Å². The summed E-state index contributed by atoms with van der Waals surface area (Å²) < 4.78 is 5.95. The molecule has 1 heterocycles. The van der Waals surface area contributed by atoms with Crippen LogP contribution in [0.2, 0.25) is 0 Å². The number of rotatable bonds is 4. The van der Waals surface area contributed by atoms with Crippen LogP contribution in [0.15, 0.2) is 24.3 Å². The number of amides is 1. The van der Waals surface area contributed by atoms with E-state index in [4.69, 9.17) is 4.74 Å². The van der Waals surface area contributed by atoms with Gasteiger partial charge in [-0.15, -0.1) is 0 Å². The molecular formula is C17H23NO2. The van der Waals surface area contributed by atoms with Crippen LogP contribution in [0.3, 0.4) is 0 Å². The molecule has 108 valence electrons. The van der Waals surface area contributed by atoms with E-state index in [0.29, 0.717) is 0 Å². The minimum absolute atomic E-state index is 0.143. The van der Waals surface area contributed by atoms with Gasteiger partial charge in [0.1, 0.15) is 0 Å².